The monoisotopic (exact) mass is 573 g/mol. The molecule has 0 fully saturated rings. The zero-order chi connectivity index (χ0) is 27.6. The predicted octanol–water partition coefficient (Wildman–Crippen LogP) is 7.34. The van der Waals surface area contributed by atoms with Gasteiger partial charge in [0.1, 0.15) is 27.7 Å². The number of fused-ring (bicyclic) bond motifs is 1. The Balaban J connectivity index is 1.87. The van der Waals surface area contributed by atoms with Crippen LogP contribution < -0.4 is 10.1 Å². The zero-order valence-electron chi connectivity index (χ0n) is 20.1. The highest BCUT2D eigenvalue weighted by atomic mass is 35.5. The average Bonchev–Trinajstić information content (AvgIpc) is 2.88. The first-order valence-electron chi connectivity index (χ1n) is 11.1. The van der Waals surface area contributed by atoms with Gasteiger partial charge in [-0.15, -0.1) is 10.2 Å². The molecule has 0 saturated carbocycles. The van der Waals surface area contributed by atoms with Crippen molar-refractivity contribution in [2.75, 3.05) is 12.4 Å². The van der Waals surface area contributed by atoms with E-state index in [1.54, 1.807) is 49.4 Å². The fourth-order valence-electron chi connectivity index (χ4n) is 3.79. The molecule has 0 saturated heterocycles. The number of carbonyl (C=O) groups excluding carboxylic acids is 1. The number of hydrogen-bond donors (Lipinski definition) is 3. The van der Waals surface area contributed by atoms with E-state index >= 15 is 0 Å². The van der Waals surface area contributed by atoms with Crippen LogP contribution in [0.15, 0.2) is 75.8 Å². The van der Waals surface area contributed by atoms with Crippen LogP contribution in [0.1, 0.15) is 22.8 Å². The highest BCUT2D eigenvalue weighted by molar-refractivity contribution is 7.86. The molecule has 0 aliphatic heterocycles. The van der Waals surface area contributed by atoms with Crippen molar-refractivity contribution in [3.05, 3.63) is 81.8 Å². The van der Waals surface area contributed by atoms with Crippen LogP contribution in [0.5, 0.6) is 11.5 Å². The smallest absolute Gasteiger partial charge is 0.296 e. The fourth-order valence-corrected chi connectivity index (χ4v) is 5.04. The number of anilines is 1. The van der Waals surface area contributed by atoms with Gasteiger partial charge >= 0.3 is 0 Å². The molecule has 0 spiro atoms. The van der Waals surface area contributed by atoms with Crippen molar-refractivity contribution in [1.82, 2.24) is 0 Å². The summed E-state index contributed by atoms with van der Waals surface area (Å²) in [5.41, 5.74) is 0.186. The maximum absolute atomic E-state index is 13.2. The molecule has 4 aromatic rings. The van der Waals surface area contributed by atoms with Crippen molar-refractivity contribution >= 4 is 67.1 Å². The molecular weight excluding hydrogens is 553 g/mol. The maximum atomic E-state index is 13.2. The van der Waals surface area contributed by atoms with Crippen LogP contribution in [0, 0.1) is 0 Å². The number of phenolic OH excluding ortho intramolecular Hbond substituents is 1. The van der Waals surface area contributed by atoms with E-state index in [1.165, 1.54) is 25.3 Å². The third kappa shape index (κ3) is 5.44. The van der Waals surface area contributed by atoms with Gasteiger partial charge in [0.2, 0.25) is 0 Å². The number of aromatic hydroxyl groups is 1. The molecular formula is C26H21Cl2N3O6S. The van der Waals surface area contributed by atoms with Crippen LogP contribution in [0.3, 0.4) is 0 Å². The summed E-state index contributed by atoms with van der Waals surface area (Å²) in [6, 6.07) is 15.8. The van der Waals surface area contributed by atoms with Gasteiger partial charge in [-0.05, 0) is 47.7 Å². The Bertz CT molecular complexity index is 1710. The minimum atomic E-state index is -4.70. The highest BCUT2D eigenvalue weighted by Crippen LogP contribution is 2.42. The van der Waals surface area contributed by atoms with Crippen LogP contribution in [-0.2, 0) is 16.5 Å². The van der Waals surface area contributed by atoms with Crippen LogP contribution in [0.25, 0.3) is 10.8 Å². The summed E-state index contributed by atoms with van der Waals surface area (Å²) < 4.78 is 39.1. The number of nitrogens with zero attached hydrogens (tertiary/aromatic N) is 2. The van der Waals surface area contributed by atoms with Gasteiger partial charge in [-0.2, -0.15) is 8.42 Å². The average molecular weight is 574 g/mol. The lowest BCUT2D eigenvalue weighted by molar-refractivity contribution is 0.102. The number of phenols is 1. The Morgan fingerprint density at radius 1 is 1.00 bits per heavy atom. The van der Waals surface area contributed by atoms with E-state index in [9.17, 15) is 22.9 Å². The fraction of sp³-hybridized carbons (Fsp3) is 0.115. The number of rotatable bonds is 7. The lowest BCUT2D eigenvalue weighted by atomic mass is 10.0. The Labute approximate surface area is 228 Å². The summed E-state index contributed by atoms with van der Waals surface area (Å²) in [5, 5.41) is 22.9. The molecule has 0 bridgehead atoms. The molecule has 4 aromatic carbocycles. The number of ether oxygens (including phenoxy) is 1. The van der Waals surface area contributed by atoms with E-state index in [0.717, 1.165) is 0 Å². The molecule has 0 aliphatic rings. The van der Waals surface area contributed by atoms with Crippen molar-refractivity contribution in [2.45, 2.75) is 18.2 Å². The van der Waals surface area contributed by atoms with Gasteiger partial charge in [0.05, 0.1) is 22.7 Å². The Morgan fingerprint density at radius 3 is 2.39 bits per heavy atom. The summed E-state index contributed by atoms with van der Waals surface area (Å²) in [6.07, 6.45) is 0.457. The maximum Gasteiger partial charge on any atom is 0.296 e. The Hall–Kier alpha value is -3.70. The normalized spacial score (nSPS) is 11.7. The number of halogens is 2. The molecule has 4 rings (SSSR count). The summed E-state index contributed by atoms with van der Waals surface area (Å²) in [4.78, 5) is 12.7. The number of azo groups is 1. The molecule has 0 aromatic heterocycles. The standard InChI is InChI=1S/C26H21Cl2N3O6S/c1-3-14-11-19(28)24(21(12-14)38(34,35)36)31-30-22-16-8-5-4-7-15(16)13-17(25(22)32)26(33)29-23-18(27)9-6-10-20(23)37-2/h4-13,32H,3H2,1-2H3,(H,29,33)(H,34,35,36). The van der Waals surface area contributed by atoms with Crippen LogP contribution in [-0.4, -0.2) is 31.1 Å². The second-order valence-corrected chi connectivity index (χ2v) is 10.3. The van der Waals surface area contributed by atoms with E-state index in [0.29, 0.717) is 28.5 Å². The SMILES string of the molecule is CCc1cc(Cl)c(N=Nc2c(O)c(C(=O)Nc3c(Cl)cccc3OC)cc3ccccc23)c(S(=O)(=O)O)c1. The molecule has 38 heavy (non-hydrogen) atoms. The van der Waals surface area contributed by atoms with Gasteiger partial charge < -0.3 is 15.2 Å². The van der Waals surface area contributed by atoms with Crippen LogP contribution in [0.2, 0.25) is 10.0 Å². The number of amides is 1. The minimum Gasteiger partial charge on any atom is -0.505 e. The molecule has 3 N–H and O–H groups in total. The van der Waals surface area contributed by atoms with E-state index in [1.807, 2.05) is 0 Å². The minimum absolute atomic E-state index is 0.0655. The molecule has 0 radical (unpaired) electrons. The molecule has 12 heteroatoms. The van der Waals surface area contributed by atoms with Gasteiger partial charge in [-0.25, -0.2) is 0 Å². The first kappa shape index (κ1) is 27.3. The summed E-state index contributed by atoms with van der Waals surface area (Å²) in [7, 11) is -3.28. The number of aryl methyl sites for hydroxylation is 1. The quantitative estimate of drug-likeness (QED) is 0.156. The third-order valence-electron chi connectivity index (χ3n) is 5.70. The van der Waals surface area contributed by atoms with Crippen molar-refractivity contribution in [3.8, 4) is 11.5 Å². The second-order valence-electron chi connectivity index (χ2n) is 8.07. The van der Waals surface area contributed by atoms with Gasteiger partial charge in [0.15, 0.2) is 5.75 Å². The lowest BCUT2D eigenvalue weighted by Gasteiger charge is -2.14. The van der Waals surface area contributed by atoms with E-state index < -0.39 is 26.7 Å². The van der Waals surface area contributed by atoms with Crippen LogP contribution >= 0.6 is 23.2 Å². The summed E-state index contributed by atoms with van der Waals surface area (Å²) >= 11 is 12.5. The highest BCUT2D eigenvalue weighted by Gasteiger charge is 2.23. The van der Waals surface area contributed by atoms with Gasteiger partial charge in [0.25, 0.3) is 16.0 Å². The summed E-state index contributed by atoms with van der Waals surface area (Å²) in [6.45, 7) is 1.79. The topological polar surface area (TPSA) is 138 Å². The second kappa shape index (κ2) is 11.0. The van der Waals surface area contributed by atoms with Crippen LogP contribution in [0.4, 0.5) is 17.1 Å². The number of methoxy groups -OCH3 is 1. The molecule has 196 valence electrons. The summed E-state index contributed by atoms with van der Waals surface area (Å²) in [5.74, 6) is -0.917. The number of para-hydroxylation sites is 1. The largest absolute Gasteiger partial charge is 0.505 e. The number of benzene rings is 4. The Morgan fingerprint density at radius 2 is 1.71 bits per heavy atom. The molecule has 0 heterocycles. The number of carbonyl (C=O) groups is 1. The van der Waals surface area contributed by atoms with Crippen molar-refractivity contribution in [2.24, 2.45) is 10.2 Å². The van der Waals surface area contributed by atoms with Gasteiger partial charge in [-0.1, -0.05) is 60.5 Å². The predicted molar refractivity (Wildman–Crippen MR) is 146 cm³/mol. The number of hydrogen-bond acceptors (Lipinski definition) is 7. The Kier molecular flexibility index (Phi) is 7.89. The van der Waals surface area contributed by atoms with E-state index in [-0.39, 0.29) is 32.7 Å². The zero-order valence-corrected chi connectivity index (χ0v) is 22.4. The van der Waals surface area contributed by atoms with Crippen molar-refractivity contribution in [1.29, 1.82) is 0 Å². The molecule has 0 atom stereocenters. The lowest BCUT2D eigenvalue weighted by Crippen LogP contribution is -2.13. The third-order valence-corrected chi connectivity index (χ3v) is 7.17. The van der Waals surface area contributed by atoms with Gasteiger partial charge in [-0.3, -0.25) is 9.35 Å². The first-order chi connectivity index (χ1) is 18.0. The van der Waals surface area contributed by atoms with Gasteiger partial charge in [0, 0.05) is 5.39 Å². The van der Waals surface area contributed by atoms with E-state index in [2.05, 4.69) is 15.5 Å². The first-order valence-corrected chi connectivity index (χ1v) is 13.3. The number of nitrogens with one attached hydrogen (secondary N) is 1. The van der Waals surface area contributed by atoms with Crippen molar-refractivity contribution < 1.29 is 27.6 Å². The molecule has 0 unspecified atom stereocenters. The molecule has 0 aliphatic carbocycles. The molecule has 9 nitrogen and oxygen atoms in total. The van der Waals surface area contributed by atoms with Crippen molar-refractivity contribution in [3.63, 3.8) is 0 Å². The molecule has 1 amide bonds. The van der Waals surface area contributed by atoms with E-state index in [4.69, 9.17) is 27.9 Å².